The summed E-state index contributed by atoms with van der Waals surface area (Å²) in [5.41, 5.74) is 1.01. The molecular weight excluding hydrogens is 302 g/mol. The maximum Gasteiger partial charge on any atom is 0.236 e. The minimum atomic E-state index is 0.0722. The monoisotopic (exact) mass is 323 g/mol. The van der Waals surface area contributed by atoms with Crippen LogP contribution in [-0.4, -0.2) is 66.3 Å². The van der Waals surface area contributed by atoms with E-state index >= 15 is 0 Å². The number of amides is 2. The van der Waals surface area contributed by atoms with E-state index in [4.69, 9.17) is 11.6 Å². The van der Waals surface area contributed by atoms with Crippen LogP contribution in [0.2, 0.25) is 5.02 Å². The van der Waals surface area contributed by atoms with Crippen molar-refractivity contribution in [1.82, 2.24) is 14.7 Å². The highest BCUT2D eigenvalue weighted by molar-refractivity contribution is 6.31. The Morgan fingerprint density at radius 2 is 1.73 bits per heavy atom. The van der Waals surface area contributed by atoms with Gasteiger partial charge in [-0.05, 0) is 18.7 Å². The van der Waals surface area contributed by atoms with Gasteiger partial charge in [0, 0.05) is 44.7 Å². The van der Waals surface area contributed by atoms with Crippen molar-refractivity contribution in [2.24, 2.45) is 0 Å². The molecule has 22 heavy (non-hydrogen) atoms. The maximum absolute atomic E-state index is 12.3. The first-order chi connectivity index (χ1) is 10.5. The van der Waals surface area contributed by atoms with Crippen LogP contribution >= 0.6 is 11.6 Å². The van der Waals surface area contributed by atoms with E-state index in [9.17, 15) is 9.59 Å². The largest absolute Gasteiger partial charge is 0.339 e. The average Bonchev–Trinajstić information content (AvgIpc) is 2.49. The van der Waals surface area contributed by atoms with Gasteiger partial charge in [0.2, 0.25) is 11.8 Å². The number of halogens is 1. The molecule has 5 nitrogen and oxygen atoms in total. The van der Waals surface area contributed by atoms with Gasteiger partial charge in [-0.3, -0.25) is 14.5 Å². The van der Waals surface area contributed by atoms with Crippen LogP contribution in [-0.2, 0) is 16.1 Å². The smallest absolute Gasteiger partial charge is 0.236 e. The van der Waals surface area contributed by atoms with Gasteiger partial charge in [0.1, 0.15) is 0 Å². The molecule has 0 saturated carbocycles. The predicted octanol–water partition coefficient (Wildman–Crippen LogP) is 1.46. The topological polar surface area (TPSA) is 43.9 Å². The summed E-state index contributed by atoms with van der Waals surface area (Å²) in [6.07, 6.45) is 0. The van der Waals surface area contributed by atoms with Crippen molar-refractivity contribution in [3.05, 3.63) is 34.9 Å². The summed E-state index contributed by atoms with van der Waals surface area (Å²) >= 11 is 6.14. The minimum Gasteiger partial charge on any atom is -0.339 e. The second kappa shape index (κ2) is 7.61. The fraction of sp³-hybridized carbons (Fsp3) is 0.500. The number of carbonyl (C=O) groups is 2. The molecule has 2 amide bonds. The zero-order valence-corrected chi connectivity index (χ0v) is 13.8. The summed E-state index contributed by atoms with van der Waals surface area (Å²) in [5, 5.41) is 0.719. The third kappa shape index (κ3) is 4.45. The molecule has 0 bridgehead atoms. The quantitative estimate of drug-likeness (QED) is 0.842. The standard InChI is InChI=1S/C16H22ClN3O2/c1-13(21)19-7-9-20(10-8-19)16(22)12-18(2)11-14-5-3-4-6-15(14)17/h3-6H,7-12H2,1-2H3. The zero-order valence-electron chi connectivity index (χ0n) is 13.1. The van der Waals surface area contributed by atoms with Crippen molar-refractivity contribution in [2.75, 3.05) is 39.8 Å². The number of hydrogen-bond acceptors (Lipinski definition) is 3. The Hall–Kier alpha value is -1.59. The Balaban J connectivity index is 1.82. The van der Waals surface area contributed by atoms with Crippen molar-refractivity contribution in [3.63, 3.8) is 0 Å². The van der Waals surface area contributed by atoms with Gasteiger partial charge < -0.3 is 9.80 Å². The molecule has 6 heteroatoms. The Kier molecular flexibility index (Phi) is 5.80. The van der Waals surface area contributed by atoms with Gasteiger partial charge in [-0.2, -0.15) is 0 Å². The van der Waals surface area contributed by atoms with E-state index in [2.05, 4.69) is 0 Å². The first-order valence-electron chi connectivity index (χ1n) is 7.42. The lowest BCUT2D eigenvalue weighted by molar-refractivity contribution is -0.139. The van der Waals surface area contributed by atoms with E-state index in [1.165, 1.54) is 0 Å². The third-order valence-electron chi connectivity index (χ3n) is 3.88. The molecule has 0 spiro atoms. The third-order valence-corrected chi connectivity index (χ3v) is 4.25. The van der Waals surface area contributed by atoms with E-state index in [-0.39, 0.29) is 11.8 Å². The number of carbonyl (C=O) groups excluding carboxylic acids is 2. The van der Waals surface area contributed by atoms with Crippen molar-refractivity contribution >= 4 is 23.4 Å². The van der Waals surface area contributed by atoms with E-state index in [1.807, 2.05) is 41.1 Å². The minimum absolute atomic E-state index is 0.0722. The fourth-order valence-electron chi connectivity index (χ4n) is 2.57. The fourth-order valence-corrected chi connectivity index (χ4v) is 2.77. The molecule has 1 aliphatic heterocycles. The summed E-state index contributed by atoms with van der Waals surface area (Å²) in [4.78, 5) is 29.2. The highest BCUT2D eigenvalue weighted by atomic mass is 35.5. The number of piperazine rings is 1. The van der Waals surface area contributed by atoms with Gasteiger partial charge in [-0.15, -0.1) is 0 Å². The van der Waals surface area contributed by atoms with Gasteiger partial charge >= 0.3 is 0 Å². The van der Waals surface area contributed by atoms with Gasteiger partial charge in [0.15, 0.2) is 0 Å². The first kappa shape index (κ1) is 16.8. The van der Waals surface area contributed by atoms with Crippen LogP contribution in [0.25, 0.3) is 0 Å². The number of benzene rings is 1. The second-order valence-electron chi connectivity index (χ2n) is 5.65. The van der Waals surface area contributed by atoms with Crippen molar-refractivity contribution < 1.29 is 9.59 Å². The molecule has 0 atom stereocenters. The van der Waals surface area contributed by atoms with Crippen LogP contribution in [0.5, 0.6) is 0 Å². The van der Waals surface area contributed by atoms with E-state index in [0.29, 0.717) is 39.3 Å². The van der Waals surface area contributed by atoms with Crippen LogP contribution in [0.4, 0.5) is 0 Å². The number of nitrogens with zero attached hydrogens (tertiary/aromatic N) is 3. The molecule has 1 fully saturated rings. The Morgan fingerprint density at radius 1 is 1.14 bits per heavy atom. The molecule has 1 saturated heterocycles. The average molecular weight is 324 g/mol. The summed E-state index contributed by atoms with van der Waals surface area (Å²) in [7, 11) is 1.91. The van der Waals surface area contributed by atoms with Crippen molar-refractivity contribution in [1.29, 1.82) is 0 Å². The normalized spacial score (nSPS) is 15.3. The number of likely N-dealkylation sites (N-methyl/N-ethyl adjacent to an activating group) is 1. The molecule has 2 rings (SSSR count). The number of rotatable bonds is 4. The van der Waals surface area contributed by atoms with E-state index < -0.39 is 0 Å². The number of hydrogen-bond donors (Lipinski definition) is 0. The molecule has 0 radical (unpaired) electrons. The molecule has 1 heterocycles. The summed E-state index contributed by atoms with van der Waals surface area (Å²) < 4.78 is 0. The lowest BCUT2D eigenvalue weighted by Gasteiger charge is -2.35. The second-order valence-corrected chi connectivity index (χ2v) is 6.06. The molecule has 0 unspecified atom stereocenters. The van der Waals surface area contributed by atoms with Gasteiger partial charge in [-0.1, -0.05) is 29.8 Å². The van der Waals surface area contributed by atoms with Gasteiger partial charge in [0.25, 0.3) is 0 Å². The van der Waals surface area contributed by atoms with Crippen LogP contribution in [0.15, 0.2) is 24.3 Å². The van der Waals surface area contributed by atoms with Gasteiger partial charge in [0.05, 0.1) is 6.54 Å². The van der Waals surface area contributed by atoms with Crippen LogP contribution in [0.3, 0.4) is 0 Å². The lowest BCUT2D eigenvalue weighted by atomic mass is 10.2. The molecular formula is C16H22ClN3O2. The molecule has 0 aliphatic carbocycles. The molecule has 1 aromatic rings. The molecule has 120 valence electrons. The van der Waals surface area contributed by atoms with Gasteiger partial charge in [-0.25, -0.2) is 0 Å². The summed E-state index contributed by atoms with van der Waals surface area (Å²) in [6, 6.07) is 7.66. The van der Waals surface area contributed by atoms with Crippen LogP contribution < -0.4 is 0 Å². The molecule has 1 aromatic carbocycles. The van der Waals surface area contributed by atoms with Crippen molar-refractivity contribution in [3.8, 4) is 0 Å². The molecule has 0 aromatic heterocycles. The van der Waals surface area contributed by atoms with Crippen LogP contribution in [0, 0.1) is 0 Å². The maximum atomic E-state index is 12.3. The SMILES string of the molecule is CC(=O)N1CCN(C(=O)CN(C)Cc2ccccc2Cl)CC1. The molecule has 0 N–H and O–H groups in total. The van der Waals surface area contributed by atoms with Crippen LogP contribution in [0.1, 0.15) is 12.5 Å². The predicted molar refractivity (Wildman–Crippen MR) is 86.6 cm³/mol. The summed E-state index contributed by atoms with van der Waals surface area (Å²) in [5.74, 6) is 0.167. The lowest BCUT2D eigenvalue weighted by Crippen LogP contribution is -2.51. The first-order valence-corrected chi connectivity index (χ1v) is 7.80. The Labute approximate surface area is 136 Å². The van der Waals surface area contributed by atoms with E-state index in [0.717, 1.165) is 10.6 Å². The molecule has 1 aliphatic rings. The highest BCUT2D eigenvalue weighted by Gasteiger charge is 2.23. The zero-order chi connectivity index (χ0) is 16.1. The Morgan fingerprint density at radius 3 is 2.32 bits per heavy atom. The highest BCUT2D eigenvalue weighted by Crippen LogP contribution is 2.16. The van der Waals surface area contributed by atoms with E-state index in [1.54, 1.807) is 11.8 Å². The summed E-state index contributed by atoms with van der Waals surface area (Å²) in [6.45, 7) is 5.01. The Bertz CT molecular complexity index is 542. The van der Waals surface area contributed by atoms with Crippen molar-refractivity contribution in [2.45, 2.75) is 13.5 Å².